The minimum absolute atomic E-state index is 0.205. The largest absolute Gasteiger partial charge is 0.497 e. The number of carbonyl (C=O) groups excluding carboxylic acids is 2. The second-order valence-electron chi connectivity index (χ2n) is 7.60. The lowest BCUT2D eigenvalue weighted by atomic mass is 10.0. The molecule has 1 aromatic carbocycles. The van der Waals surface area contributed by atoms with Crippen LogP contribution in [0.4, 0.5) is 5.69 Å². The first kappa shape index (κ1) is 20.0. The molecule has 0 saturated carbocycles. The number of aromatic amines is 1. The van der Waals surface area contributed by atoms with Gasteiger partial charge in [0.1, 0.15) is 11.4 Å². The Morgan fingerprint density at radius 3 is 2.27 bits per heavy atom. The van der Waals surface area contributed by atoms with Gasteiger partial charge in [-0.2, -0.15) is 0 Å². The Labute approximate surface area is 174 Å². The van der Waals surface area contributed by atoms with Crippen LogP contribution in [0.25, 0.3) is 5.57 Å². The Balaban J connectivity index is 1.88. The number of nitrogens with one attached hydrogen (secondary N) is 1. The maximum absolute atomic E-state index is 13.6. The zero-order chi connectivity index (χ0) is 21.4. The van der Waals surface area contributed by atoms with Crippen molar-refractivity contribution < 1.29 is 14.3 Å². The molecule has 0 bridgehead atoms. The van der Waals surface area contributed by atoms with Crippen molar-refractivity contribution in [2.75, 3.05) is 25.1 Å². The lowest BCUT2D eigenvalue weighted by molar-refractivity contribution is -0.120. The molecule has 1 saturated heterocycles. The van der Waals surface area contributed by atoms with E-state index in [1.807, 2.05) is 11.8 Å². The standard InChI is InChI=1S/C22H26N4O4/c1-4-16-17(20(27)24(2)23-16)18-19(25-12-6-5-7-13-25)22(29)26(21(18)28)14-8-10-15(30-3)11-9-14/h8-11,23H,4-7,12-13H2,1-3H3. The predicted molar refractivity (Wildman–Crippen MR) is 113 cm³/mol. The van der Waals surface area contributed by atoms with Gasteiger partial charge in [-0.05, 0) is 49.9 Å². The van der Waals surface area contributed by atoms with Crippen LogP contribution in [0.2, 0.25) is 0 Å². The molecule has 3 heterocycles. The Kier molecular flexibility index (Phi) is 5.24. The number of imide groups is 1. The number of carbonyl (C=O) groups is 2. The van der Waals surface area contributed by atoms with E-state index in [0.717, 1.165) is 19.3 Å². The molecule has 1 N–H and O–H groups in total. The van der Waals surface area contributed by atoms with Gasteiger partial charge in [0, 0.05) is 25.8 Å². The molecular weight excluding hydrogens is 384 g/mol. The Bertz CT molecular complexity index is 1070. The second-order valence-corrected chi connectivity index (χ2v) is 7.60. The molecule has 0 unspecified atom stereocenters. The van der Waals surface area contributed by atoms with Crippen molar-refractivity contribution >= 4 is 23.1 Å². The molecule has 0 atom stereocenters. The maximum Gasteiger partial charge on any atom is 0.282 e. The smallest absolute Gasteiger partial charge is 0.282 e. The third kappa shape index (κ3) is 3.12. The number of benzene rings is 1. The van der Waals surface area contributed by atoms with Crippen molar-refractivity contribution in [3.63, 3.8) is 0 Å². The van der Waals surface area contributed by atoms with Crippen molar-refractivity contribution in [2.45, 2.75) is 32.6 Å². The highest BCUT2D eigenvalue weighted by atomic mass is 16.5. The highest BCUT2D eigenvalue weighted by molar-refractivity contribution is 6.45. The van der Waals surface area contributed by atoms with Crippen molar-refractivity contribution in [3.05, 3.63) is 51.6 Å². The van der Waals surface area contributed by atoms with Gasteiger partial charge in [0.2, 0.25) is 0 Å². The van der Waals surface area contributed by atoms with Gasteiger partial charge in [0.15, 0.2) is 0 Å². The molecule has 1 fully saturated rings. The quantitative estimate of drug-likeness (QED) is 0.763. The second kappa shape index (κ2) is 7.85. The summed E-state index contributed by atoms with van der Waals surface area (Å²) >= 11 is 0. The normalized spacial score (nSPS) is 17.3. The van der Waals surface area contributed by atoms with E-state index < -0.39 is 5.91 Å². The van der Waals surface area contributed by atoms with Crippen molar-refractivity contribution in [2.24, 2.45) is 7.05 Å². The fourth-order valence-electron chi connectivity index (χ4n) is 4.24. The number of ether oxygens (including phenoxy) is 1. The number of piperidine rings is 1. The molecule has 4 rings (SSSR count). The number of likely N-dealkylation sites (tertiary alicyclic amines) is 1. The molecule has 2 aromatic rings. The molecule has 8 nitrogen and oxygen atoms in total. The summed E-state index contributed by atoms with van der Waals surface area (Å²) in [6, 6.07) is 6.78. The Hall–Kier alpha value is -3.29. The first-order valence-corrected chi connectivity index (χ1v) is 10.3. The lowest BCUT2D eigenvalue weighted by Gasteiger charge is -2.29. The average molecular weight is 410 g/mol. The van der Waals surface area contributed by atoms with Crippen molar-refractivity contribution in [1.82, 2.24) is 14.7 Å². The van der Waals surface area contributed by atoms with E-state index in [2.05, 4.69) is 5.10 Å². The topological polar surface area (TPSA) is 87.6 Å². The summed E-state index contributed by atoms with van der Waals surface area (Å²) in [7, 11) is 3.18. The molecule has 0 aliphatic carbocycles. The van der Waals surface area contributed by atoms with Crippen LogP contribution in [0.15, 0.2) is 34.8 Å². The number of aromatic nitrogens is 2. The zero-order valence-electron chi connectivity index (χ0n) is 17.5. The SMILES string of the molecule is CCc1[nH]n(C)c(=O)c1C1=C(N2CCCCC2)C(=O)N(c2ccc(OC)cc2)C1=O. The van der Waals surface area contributed by atoms with Crippen LogP contribution in [0.3, 0.4) is 0 Å². The van der Waals surface area contributed by atoms with Gasteiger partial charge >= 0.3 is 0 Å². The number of amides is 2. The van der Waals surface area contributed by atoms with Crippen LogP contribution in [-0.2, 0) is 23.1 Å². The summed E-state index contributed by atoms with van der Waals surface area (Å²) in [4.78, 5) is 43.2. The van der Waals surface area contributed by atoms with Gasteiger partial charge in [0.05, 0.1) is 23.9 Å². The highest BCUT2D eigenvalue weighted by Gasteiger charge is 2.44. The van der Waals surface area contributed by atoms with Gasteiger partial charge in [-0.3, -0.25) is 24.2 Å². The first-order chi connectivity index (χ1) is 14.5. The molecule has 158 valence electrons. The number of anilines is 1. The van der Waals surface area contributed by atoms with Crippen molar-refractivity contribution in [3.8, 4) is 5.75 Å². The van der Waals surface area contributed by atoms with Crippen LogP contribution in [0.5, 0.6) is 5.75 Å². The van der Waals surface area contributed by atoms with Gasteiger partial charge in [0.25, 0.3) is 17.4 Å². The van der Waals surface area contributed by atoms with Crippen LogP contribution in [0, 0.1) is 0 Å². The number of H-pyrrole nitrogens is 1. The van der Waals surface area contributed by atoms with Gasteiger partial charge < -0.3 is 9.64 Å². The first-order valence-electron chi connectivity index (χ1n) is 10.3. The minimum atomic E-state index is -0.461. The van der Waals surface area contributed by atoms with Gasteiger partial charge in [-0.1, -0.05) is 6.92 Å². The van der Waals surface area contributed by atoms with Gasteiger partial charge in [-0.25, -0.2) is 4.90 Å². The van der Waals surface area contributed by atoms with E-state index in [9.17, 15) is 14.4 Å². The summed E-state index contributed by atoms with van der Waals surface area (Å²) in [6.45, 7) is 3.30. The fraction of sp³-hybridized carbons (Fsp3) is 0.409. The molecule has 2 aliphatic heterocycles. The Morgan fingerprint density at radius 1 is 1.00 bits per heavy atom. The maximum atomic E-state index is 13.6. The van der Waals surface area contributed by atoms with E-state index in [0.29, 0.717) is 47.9 Å². The Morgan fingerprint density at radius 2 is 1.67 bits per heavy atom. The summed E-state index contributed by atoms with van der Waals surface area (Å²) in [5.74, 6) is -0.209. The van der Waals surface area contributed by atoms with E-state index in [1.54, 1.807) is 38.4 Å². The zero-order valence-corrected chi connectivity index (χ0v) is 17.5. The van der Waals surface area contributed by atoms with E-state index >= 15 is 0 Å². The van der Waals surface area contributed by atoms with E-state index in [-0.39, 0.29) is 17.0 Å². The fourth-order valence-corrected chi connectivity index (χ4v) is 4.24. The monoisotopic (exact) mass is 410 g/mol. The number of hydrogen-bond acceptors (Lipinski definition) is 5. The van der Waals surface area contributed by atoms with Crippen LogP contribution < -0.4 is 15.2 Å². The number of aryl methyl sites for hydroxylation is 2. The average Bonchev–Trinajstić information content (AvgIpc) is 3.20. The predicted octanol–water partition coefficient (Wildman–Crippen LogP) is 2.05. The molecule has 2 aliphatic rings. The van der Waals surface area contributed by atoms with Gasteiger partial charge in [-0.15, -0.1) is 0 Å². The lowest BCUT2D eigenvalue weighted by Crippen LogP contribution is -2.37. The number of nitrogens with zero attached hydrogens (tertiary/aromatic N) is 3. The van der Waals surface area contributed by atoms with Crippen LogP contribution in [-0.4, -0.2) is 46.7 Å². The molecule has 8 heteroatoms. The summed E-state index contributed by atoms with van der Waals surface area (Å²) in [5.41, 5.74) is 1.66. The van der Waals surface area contributed by atoms with Crippen molar-refractivity contribution in [1.29, 1.82) is 0 Å². The molecule has 0 spiro atoms. The molecule has 30 heavy (non-hydrogen) atoms. The van der Waals surface area contributed by atoms with Crippen LogP contribution >= 0.6 is 0 Å². The highest BCUT2D eigenvalue weighted by Crippen LogP contribution is 2.36. The molecule has 2 amide bonds. The molecule has 1 aromatic heterocycles. The number of hydrogen-bond donors (Lipinski definition) is 1. The van der Waals surface area contributed by atoms with E-state index in [1.165, 1.54) is 9.58 Å². The third-order valence-electron chi connectivity index (χ3n) is 5.79. The summed E-state index contributed by atoms with van der Waals surface area (Å²) in [5, 5.41) is 3.02. The molecular formula is C22H26N4O4. The molecule has 0 radical (unpaired) electrons. The number of methoxy groups -OCH3 is 1. The van der Waals surface area contributed by atoms with Crippen LogP contribution in [0.1, 0.15) is 37.4 Å². The minimum Gasteiger partial charge on any atom is -0.497 e. The summed E-state index contributed by atoms with van der Waals surface area (Å²) in [6.07, 6.45) is 3.54. The third-order valence-corrected chi connectivity index (χ3v) is 5.79. The summed E-state index contributed by atoms with van der Waals surface area (Å²) < 4.78 is 6.55. The number of rotatable bonds is 5. The van der Waals surface area contributed by atoms with E-state index in [4.69, 9.17) is 4.74 Å².